The number of carbonyl (C=O) groups excluding carboxylic acids is 3. The topological polar surface area (TPSA) is 75.7 Å². The lowest BCUT2D eigenvalue weighted by molar-refractivity contribution is -0.122. The number of hydrogen-bond donors (Lipinski definition) is 1. The largest absolute Gasteiger partial charge is 0.488 e. The molecule has 1 aliphatic rings. The molecule has 3 aromatic carbocycles. The molecule has 7 heteroatoms. The summed E-state index contributed by atoms with van der Waals surface area (Å²) in [6.07, 6.45) is 1.39. The van der Waals surface area contributed by atoms with Crippen LogP contribution in [0.4, 0.5) is 10.5 Å². The van der Waals surface area contributed by atoms with E-state index in [2.05, 4.69) is 5.32 Å². The molecule has 0 spiro atoms. The molecule has 4 rings (SSSR count). The normalized spacial score (nSPS) is 15.1. The van der Waals surface area contributed by atoms with E-state index in [-0.39, 0.29) is 5.57 Å². The van der Waals surface area contributed by atoms with Gasteiger partial charge in [-0.1, -0.05) is 53.6 Å². The molecule has 1 saturated heterocycles. The highest BCUT2D eigenvalue weighted by atomic mass is 35.5. The van der Waals surface area contributed by atoms with Crippen LogP contribution in [0.2, 0.25) is 5.02 Å². The molecule has 0 saturated carbocycles. The predicted octanol–water partition coefficient (Wildman–Crippen LogP) is 5.20. The monoisotopic (exact) mass is 460 g/mol. The molecular weight excluding hydrogens is 440 g/mol. The van der Waals surface area contributed by atoms with Crippen molar-refractivity contribution in [2.75, 3.05) is 4.90 Å². The molecule has 166 valence electrons. The van der Waals surface area contributed by atoms with Crippen molar-refractivity contribution in [3.63, 3.8) is 0 Å². The highest BCUT2D eigenvalue weighted by Gasteiger charge is 2.37. The number of urea groups is 1. The van der Waals surface area contributed by atoms with E-state index in [0.717, 1.165) is 21.6 Å². The van der Waals surface area contributed by atoms with Crippen molar-refractivity contribution in [1.29, 1.82) is 0 Å². The molecule has 1 aliphatic heterocycles. The first-order valence-corrected chi connectivity index (χ1v) is 10.7. The van der Waals surface area contributed by atoms with Crippen molar-refractivity contribution in [3.8, 4) is 5.75 Å². The molecule has 0 atom stereocenters. The maximum absolute atomic E-state index is 13.2. The second kappa shape index (κ2) is 9.30. The van der Waals surface area contributed by atoms with Crippen LogP contribution in [-0.4, -0.2) is 17.8 Å². The number of barbiturate groups is 1. The number of halogens is 1. The fourth-order valence-corrected chi connectivity index (χ4v) is 3.60. The van der Waals surface area contributed by atoms with Gasteiger partial charge in [0.2, 0.25) is 0 Å². The van der Waals surface area contributed by atoms with E-state index in [1.165, 1.54) is 6.08 Å². The molecule has 0 aliphatic carbocycles. The fraction of sp³-hybridized carbons (Fsp3) is 0.115. The molecule has 0 radical (unpaired) electrons. The summed E-state index contributed by atoms with van der Waals surface area (Å²) in [6, 6.07) is 19.0. The highest BCUT2D eigenvalue weighted by molar-refractivity contribution is 6.39. The summed E-state index contributed by atoms with van der Waals surface area (Å²) in [6.45, 7) is 4.15. The van der Waals surface area contributed by atoms with Crippen LogP contribution >= 0.6 is 11.6 Å². The molecule has 1 N–H and O–H groups in total. The van der Waals surface area contributed by atoms with Crippen LogP contribution in [0, 0.1) is 13.8 Å². The number of aryl methyl sites for hydroxylation is 2. The zero-order chi connectivity index (χ0) is 23.5. The van der Waals surface area contributed by atoms with Crippen molar-refractivity contribution in [2.45, 2.75) is 20.5 Å². The second-order valence-electron chi connectivity index (χ2n) is 7.75. The summed E-state index contributed by atoms with van der Waals surface area (Å²) in [5.41, 5.74) is 3.61. The van der Waals surface area contributed by atoms with Gasteiger partial charge in [0.25, 0.3) is 11.8 Å². The summed E-state index contributed by atoms with van der Waals surface area (Å²) in [5, 5.41) is 2.65. The highest BCUT2D eigenvalue weighted by Crippen LogP contribution is 2.28. The number of carbonyl (C=O) groups is 3. The molecule has 6 nitrogen and oxygen atoms in total. The van der Waals surface area contributed by atoms with Crippen LogP contribution in [-0.2, 0) is 16.2 Å². The third-order valence-electron chi connectivity index (χ3n) is 5.15. The molecule has 33 heavy (non-hydrogen) atoms. The molecule has 1 fully saturated rings. The summed E-state index contributed by atoms with van der Waals surface area (Å²) < 4.78 is 5.95. The average molecular weight is 461 g/mol. The van der Waals surface area contributed by atoms with Gasteiger partial charge in [0.15, 0.2) is 0 Å². The molecule has 0 unspecified atom stereocenters. The van der Waals surface area contributed by atoms with E-state index in [1.807, 2.05) is 44.2 Å². The molecule has 3 aromatic rings. The Morgan fingerprint density at radius 3 is 2.42 bits per heavy atom. The Labute approximate surface area is 196 Å². The second-order valence-corrected chi connectivity index (χ2v) is 8.19. The van der Waals surface area contributed by atoms with Crippen molar-refractivity contribution in [3.05, 3.63) is 99.6 Å². The minimum absolute atomic E-state index is 0.196. The molecule has 1 heterocycles. The zero-order valence-electron chi connectivity index (χ0n) is 18.1. The van der Waals surface area contributed by atoms with Gasteiger partial charge in [0.05, 0.1) is 5.69 Å². The maximum Gasteiger partial charge on any atom is 0.335 e. The Morgan fingerprint density at radius 1 is 0.939 bits per heavy atom. The summed E-state index contributed by atoms with van der Waals surface area (Å²) in [5.74, 6) is -1.05. The Balaban J connectivity index is 1.67. The van der Waals surface area contributed by atoms with Crippen LogP contribution in [0.5, 0.6) is 5.75 Å². The Bertz CT molecular complexity index is 1280. The van der Waals surface area contributed by atoms with Gasteiger partial charge in [-0.25, -0.2) is 9.69 Å². The van der Waals surface area contributed by atoms with Gasteiger partial charge in [-0.3, -0.25) is 14.9 Å². The number of ether oxygens (including phenoxy) is 1. The fourth-order valence-electron chi connectivity index (χ4n) is 3.42. The first-order valence-electron chi connectivity index (χ1n) is 10.3. The number of rotatable bonds is 5. The van der Waals surface area contributed by atoms with Gasteiger partial charge in [-0.2, -0.15) is 0 Å². The lowest BCUT2D eigenvalue weighted by Crippen LogP contribution is -2.54. The first-order chi connectivity index (χ1) is 15.8. The Morgan fingerprint density at radius 2 is 1.70 bits per heavy atom. The number of nitrogens with one attached hydrogen (secondary N) is 1. The SMILES string of the molecule is Cc1ccc(COc2ccc(Cl)cc2/C=C2\C(=O)NC(=O)N(c3cccc(C)c3)C2=O)cc1. The van der Waals surface area contributed by atoms with Gasteiger partial charge >= 0.3 is 6.03 Å². The van der Waals surface area contributed by atoms with Gasteiger partial charge in [-0.05, 0) is 61.4 Å². The van der Waals surface area contributed by atoms with Crippen LogP contribution in [0.3, 0.4) is 0 Å². The molecular formula is C26H21ClN2O4. The van der Waals surface area contributed by atoms with Crippen molar-refractivity contribution < 1.29 is 19.1 Å². The molecule has 4 amide bonds. The van der Waals surface area contributed by atoms with Gasteiger partial charge in [-0.15, -0.1) is 0 Å². The minimum atomic E-state index is -0.797. The maximum atomic E-state index is 13.2. The van der Waals surface area contributed by atoms with Crippen molar-refractivity contribution >= 4 is 41.2 Å². The number of nitrogens with zero attached hydrogens (tertiary/aromatic N) is 1. The van der Waals surface area contributed by atoms with Gasteiger partial charge in [0, 0.05) is 10.6 Å². The predicted molar refractivity (Wildman–Crippen MR) is 127 cm³/mol. The molecule has 0 aromatic heterocycles. The van der Waals surface area contributed by atoms with Gasteiger partial charge in [0.1, 0.15) is 17.9 Å². The standard InChI is InChI=1S/C26H21ClN2O4/c1-16-6-8-18(9-7-16)15-33-23-11-10-20(27)13-19(23)14-22-24(30)28-26(32)29(25(22)31)21-5-3-4-17(2)12-21/h3-14H,15H2,1-2H3,(H,28,30,32)/b22-14+. The van der Waals surface area contributed by atoms with Crippen LogP contribution in [0.25, 0.3) is 6.08 Å². The third kappa shape index (κ3) is 4.96. The number of amides is 4. The van der Waals surface area contributed by atoms with E-state index in [1.54, 1.807) is 36.4 Å². The van der Waals surface area contributed by atoms with E-state index in [0.29, 0.717) is 28.6 Å². The van der Waals surface area contributed by atoms with Crippen molar-refractivity contribution in [1.82, 2.24) is 5.32 Å². The molecule has 0 bridgehead atoms. The van der Waals surface area contributed by atoms with E-state index >= 15 is 0 Å². The quantitative estimate of drug-likeness (QED) is 0.419. The minimum Gasteiger partial charge on any atom is -0.488 e. The lowest BCUT2D eigenvalue weighted by Gasteiger charge is -2.26. The van der Waals surface area contributed by atoms with Crippen LogP contribution in [0.15, 0.2) is 72.3 Å². The van der Waals surface area contributed by atoms with Crippen LogP contribution in [0.1, 0.15) is 22.3 Å². The van der Waals surface area contributed by atoms with Crippen LogP contribution < -0.4 is 15.0 Å². The first kappa shape index (κ1) is 22.3. The lowest BCUT2D eigenvalue weighted by atomic mass is 10.1. The third-order valence-corrected chi connectivity index (χ3v) is 5.38. The zero-order valence-corrected chi connectivity index (χ0v) is 18.8. The van der Waals surface area contributed by atoms with Crippen molar-refractivity contribution in [2.24, 2.45) is 0 Å². The van der Waals surface area contributed by atoms with E-state index < -0.39 is 17.8 Å². The summed E-state index contributed by atoms with van der Waals surface area (Å²) in [7, 11) is 0. The number of benzene rings is 3. The number of imide groups is 2. The summed E-state index contributed by atoms with van der Waals surface area (Å²) in [4.78, 5) is 39.1. The number of anilines is 1. The summed E-state index contributed by atoms with van der Waals surface area (Å²) >= 11 is 6.17. The average Bonchev–Trinajstić information content (AvgIpc) is 2.77. The van der Waals surface area contributed by atoms with E-state index in [4.69, 9.17) is 16.3 Å². The Kier molecular flexibility index (Phi) is 6.29. The Hall–Kier alpha value is -3.90. The van der Waals surface area contributed by atoms with E-state index in [9.17, 15) is 14.4 Å². The number of hydrogen-bond acceptors (Lipinski definition) is 4. The van der Waals surface area contributed by atoms with Gasteiger partial charge < -0.3 is 4.74 Å². The smallest absolute Gasteiger partial charge is 0.335 e.